The smallest absolute Gasteiger partial charge is 0.322 e. The number of urea groups is 1. The Bertz CT molecular complexity index is 702. The second kappa shape index (κ2) is 4.17. The van der Waals surface area contributed by atoms with E-state index < -0.39 is 32.9 Å². The number of hydrogen-bond acceptors (Lipinski definition) is 5. The average molecular weight is 297 g/mol. The number of anilines is 1. The third kappa shape index (κ3) is 1.90. The van der Waals surface area contributed by atoms with Crippen LogP contribution in [-0.4, -0.2) is 43.0 Å². The number of nitrogens with one attached hydrogen (secondary N) is 1. The van der Waals surface area contributed by atoms with Gasteiger partial charge in [-0.25, -0.2) is 13.2 Å². The fourth-order valence-corrected chi connectivity index (χ4v) is 4.60. The Labute approximate surface area is 114 Å². The summed E-state index contributed by atoms with van der Waals surface area (Å²) in [5, 5.41) is 13.6. The summed E-state index contributed by atoms with van der Waals surface area (Å²) in [6.45, 7) is 0. The molecule has 3 rings (SSSR count). The summed E-state index contributed by atoms with van der Waals surface area (Å²) in [5.74, 6) is -0.303. The van der Waals surface area contributed by atoms with E-state index in [1.54, 1.807) is 6.07 Å². The number of nitro groups is 1. The zero-order valence-corrected chi connectivity index (χ0v) is 11.0. The van der Waals surface area contributed by atoms with Crippen molar-refractivity contribution in [2.75, 3.05) is 16.4 Å². The first-order valence-electron chi connectivity index (χ1n) is 5.92. The van der Waals surface area contributed by atoms with Crippen molar-refractivity contribution < 1.29 is 18.1 Å². The largest absolute Gasteiger partial charge is 0.332 e. The molecule has 2 saturated heterocycles. The minimum absolute atomic E-state index is 0.124. The fourth-order valence-electron chi connectivity index (χ4n) is 2.71. The summed E-state index contributed by atoms with van der Waals surface area (Å²) < 4.78 is 23.3. The van der Waals surface area contributed by atoms with E-state index in [9.17, 15) is 23.3 Å². The van der Waals surface area contributed by atoms with Crippen LogP contribution in [0.4, 0.5) is 16.2 Å². The van der Waals surface area contributed by atoms with Crippen molar-refractivity contribution in [3.8, 4) is 0 Å². The lowest BCUT2D eigenvalue weighted by Gasteiger charge is -2.20. The second-order valence-corrected chi connectivity index (χ2v) is 6.97. The molecule has 106 valence electrons. The van der Waals surface area contributed by atoms with Crippen LogP contribution >= 0.6 is 0 Å². The molecule has 9 heteroatoms. The number of hydrogen-bond donors (Lipinski definition) is 1. The van der Waals surface area contributed by atoms with Crippen LogP contribution in [0.3, 0.4) is 0 Å². The minimum Gasteiger partial charge on any atom is -0.332 e. The summed E-state index contributed by atoms with van der Waals surface area (Å²) in [5.41, 5.74) is -0.0906. The maximum Gasteiger partial charge on any atom is 0.322 e. The summed E-state index contributed by atoms with van der Waals surface area (Å²) >= 11 is 0. The molecule has 0 unspecified atom stereocenters. The van der Waals surface area contributed by atoms with Crippen molar-refractivity contribution in [1.82, 2.24) is 5.32 Å². The Hall–Kier alpha value is -2.16. The predicted octanol–water partition coefficient (Wildman–Crippen LogP) is 0.290. The highest BCUT2D eigenvalue weighted by atomic mass is 32.2. The van der Waals surface area contributed by atoms with E-state index in [0.29, 0.717) is 0 Å². The lowest BCUT2D eigenvalue weighted by atomic mass is 10.1. The molecular formula is C11H11N3O5S. The van der Waals surface area contributed by atoms with Gasteiger partial charge in [-0.2, -0.15) is 0 Å². The average Bonchev–Trinajstić information content (AvgIpc) is 2.79. The van der Waals surface area contributed by atoms with E-state index in [0.717, 1.165) is 0 Å². The fraction of sp³-hybridized carbons (Fsp3) is 0.364. The number of benzene rings is 1. The molecule has 2 heterocycles. The molecule has 8 nitrogen and oxygen atoms in total. The summed E-state index contributed by atoms with van der Waals surface area (Å²) in [4.78, 5) is 23.6. The van der Waals surface area contributed by atoms with Gasteiger partial charge < -0.3 is 5.32 Å². The lowest BCUT2D eigenvalue weighted by molar-refractivity contribution is -0.384. The molecule has 1 N–H and O–H groups in total. The van der Waals surface area contributed by atoms with Gasteiger partial charge in [-0.15, -0.1) is 0 Å². The Kier molecular flexibility index (Phi) is 2.68. The van der Waals surface area contributed by atoms with Crippen molar-refractivity contribution in [1.29, 1.82) is 0 Å². The van der Waals surface area contributed by atoms with Crippen LogP contribution in [0, 0.1) is 10.1 Å². The van der Waals surface area contributed by atoms with Crippen LogP contribution in [0.15, 0.2) is 24.3 Å². The van der Waals surface area contributed by atoms with Crippen LogP contribution in [0.25, 0.3) is 0 Å². The third-order valence-corrected chi connectivity index (χ3v) is 5.24. The molecule has 1 aromatic carbocycles. The van der Waals surface area contributed by atoms with Gasteiger partial charge in [-0.1, -0.05) is 12.1 Å². The van der Waals surface area contributed by atoms with E-state index in [-0.39, 0.29) is 22.9 Å². The number of carbonyl (C=O) groups is 1. The first-order chi connectivity index (χ1) is 9.39. The minimum atomic E-state index is -3.23. The summed E-state index contributed by atoms with van der Waals surface area (Å²) in [6.07, 6.45) is 0. The van der Waals surface area contributed by atoms with Gasteiger partial charge in [0.1, 0.15) is 5.69 Å². The normalized spacial score (nSPS) is 27.2. The number of carbonyl (C=O) groups excluding carboxylic acids is 1. The van der Waals surface area contributed by atoms with E-state index in [1.807, 2.05) is 0 Å². The number of rotatable bonds is 2. The van der Waals surface area contributed by atoms with Gasteiger partial charge in [0, 0.05) is 6.07 Å². The molecule has 2 aliphatic rings. The first-order valence-corrected chi connectivity index (χ1v) is 7.75. The van der Waals surface area contributed by atoms with Crippen LogP contribution in [-0.2, 0) is 9.84 Å². The monoisotopic (exact) mass is 297 g/mol. The van der Waals surface area contributed by atoms with E-state index in [1.165, 1.54) is 23.1 Å². The molecule has 1 aromatic rings. The Morgan fingerprint density at radius 3 is 2.70 bits per heavy atom. The number of para-hydroxylation sites is 2. The van der Waals surface area contributed by atoms with Crippen molar-refractivity contribution in [2.24, 2.45) is 0 Å². The van der Waals surface area contributed by atoms with Crippen LogP contribution in [0.2, 0.25) is 0 Å². The molecule has 0 aliphatic carbocycles. The van der Waals surface area contributed by atoms with Gasteiger partial charge in [-0.05, 0) is 6.07 Å². The molecule has 0 saturated carbocycles. The highest BCUT2D eigenvalue weighted by Gasteiger charge is 2.50. The molecule has 0 radical (unpaired) electrons. The van der Waals surface area contributed by atoms with Gasteiger partial charge in [0.05, 0.1) is 28.5 Å². The second-order valence-electron chi connectivity index (χ2n) is 4.82. The molecule has 0 bridgehead atoms. The quantitative estimate of drug-likeness (QED) is 0.479. The highest BCUT2D eigenvalue weighted by Crippen LogP contribution is 2.35. The summed E-state index contributed by atoms with van der Waals surface area (Å²) in [6, 6.07) is 4.22. The van der Waals surface area contributed by atoms with E-state index in [2.05, 4.69) is 5.32 Å². The first kappa shape index (κ1) is 12.9. The van der Waals surface area contributed by atoms with Crippen molar-refractivity contribution in [3.05, 3.63) is 34.4 Å². The molecule has 2 atom stereocenters. The van der Waals surface area contributed by atoms with Gasteiger partial charge in [0.25, 0.3) is 5.69 Å². The van der Waals surface area contributed by atoms with Gasteiger partial charge >= 0.3 is 6.03 Å². The zero-order chi connectivity index (χ0) is 14.5. The molecule has 0 spiro atoms. The van der Waals surface area contributed by atoms with Gasteiger partial charge in [0.2, 0.25) is 0 Å². The zero-order valence-electron chi connectivity index (χ0n) is 10.2. The highest BCUT2D eigenvalue weighted by molar-refractivity contribution is 7.91. The number of sulfone groups is 1. The van der Waals surface area contributed by atoms with Crippen LogP contribution in [0.1, 0.15) is 0 Å². The molecule has 2 fully saturated rings. The topological polar surface area (TPSA) is 110 Å². The molecule has 2 amide bonds. The molecule has 20 heavy (non-hydrogen) atoms. The van der Waals surface area contributed by atoms with Gasteiger partial charge in [-0.3, -0.25) is 15.0 Å². The number of amides is 2. The number of nitrogens with zero attached hydrogens (tertiary/aromatic N) is 2. The molecule has 0 aromatic heterocycles. The van der Waals surface area contributed by atoms with Crippen molar-refractivity contribution >= 4 is 27.2 Å². The molecule has 2 aliphatic heterocycles. The third-order valence-electron chi connectivity index (χ3n) is 3.52. The number of fused-ring (bicyclic) bond motifs is 1. The maximum atomic E-state index is 12.0. The van der Waals surface area contributed by atoms with Crippen molar-refractivity contribution in [3.63, 3.8) is 0 Å². The standard InChI is InChI=1S/C11H11N3O5S/c15-11-12-7-5-20(18,19)6-10(7)13(11)8-3-1-2-4-9(8)14(16)17/h1-4,7,10H,5-6H2,(H,12,15)/t7-,10+/m1/s1. The SMILES string of the molecule is O=C1N[C@@H]2CS(=O)(=O)C[C@@H]2N1c1ccccc1[N+](=O)[O-]. The van der Waals surface area contributed by atoms with Gasteiger partial charge in [0.15, 0.2) is 9.84 Å². The van der Waals surface area contributed by atoms with E-state index in [4.69, 9.17) is 0 Å². The molecular weight excluding hydrogens is 286 g/mol. The van der Waals surface area contributed by atoms with Crippen LogP contribution in [0.5, 0.6) is 0 Å². The lowest BCUT2D eigenvalue weighted by Crippen LogP contribution is -2.37. The Balaban J connectivity index is 2.06. The van der Waals surface area contributed by atoms with Crippen molar-refractivity contribution in [2.45, 2.75) is 12.1 Å². The summed E-state index contributed by atoms with van der Waals surface area (Å²) in [7, 11) is -3.23. The van der Waals surface area contributed by atoms with Crippen LogP contribution < -0.4 is 10.2 Å². The Morgan fingerprint density at radius 1 is 1.30 bits per heavy atom. The van der Waals surface area contributed by atoms with E-state index >= 15 is 0 Å². The Morgan fingerprint density at radius 2 is 2.00 bits per heavy atom. The number of nitro benzene ring substituents is 1. The maximum absolute atomic E-state index is 12.0. The predicted molar refractivity (Wildman–Crippen MR) is 70.3 cm³/mol.